The molecule has 186 valence electrons. The summed E-state index contributed by atoms with van der Waals surface area (Å²) < 4.78 is 12.3. The van der Waals surface area contributed by atoms with Crippen molar-refractivity contribution in [1.82, 2.24) is 20.4 Å². The Kier molecular flexibility index (Phi) is 9.31. The Morgan fingerprint density at radius 1 is 1.20 bits per heavy atom. The highest BCUT2D eigenvalue weighted by atomic mass is 79.9. The van der Waals surface area contributed by atoms with E-state index in [1.165, 1.54) is 5.56 Å². The number of benzene rings is 2. The second-order valence-corrected chi connectivity index (χ2v) is 9.84. The lowest BCUT2D eigenvalue weighted by Gasteiger charge is -2.30. The third-order valence-corrected chi connectivity index (χ3v) is 6.72. The highest BCUT2D eigenvalue weighted by Gasteiger charge is 2.25. The number of rotatable bonds is 11. The maximum Gasteiger partial charge on any atom is 0.241 e. The van der Waals surface area contributed by atoms with Crippen molar-refractivity contribution in [3.05, 3.63) is 64.5 Å². The summed E-state index contributed by atoms with van der Waals surface area (Å²) in [5, 5.41) is 7.25. The molecule has 4 rings (SSSR count). The summed E-state index contributed by atoms with van der Waals surface area (Å²) in [4.78, 5) is 19.5. The summed E-state index contributed by atoms with van der Waals surface area (Å²) in [6.07, 6.45) is 4.46. The van der Waals surface area contributed by atoms with Crippen molar-refractivity contribution in [3.63, 3.8) is 0 Å². The van der Waals surface area contributed by atoms with Crippen molar-refractivity contribution < 1.29 is 14.1 Å². The third-order valence-electron chi connectivity index (χ3n) is 6.22. The fraction of sp³-hybridized carbons (Fsp3) is 0.444. The van der Waals surface area contributed by atoms with Gasteiger partial charge in [-0.2, -0.15) is 4.98 Å². The number of aryl methyl sites for hydroxylation is 1. The van der Waals surface area contributed by atoms with Gasteiger partial charge < -0.3 is 14.6 Å². The highest BCUT2D eigenvalue weighted by Crippen LogP contribution is 2.23. The van der Waals surface area contributed by atoms with E-state index in [9.17, 15) is 4.79 Å². The van der Waals surface area contributed by atoms with Crippen LogP contribution in [0.2, 0.25) is 0 Å². The molecule has 1 aliphatic rings. The fourth-order valence-corrected chi connectivity index (χ4v) is 4.71. The van der Waals surface area contributed by atoms with Gasteiger partial charge in [0, 0.05) is 22.5 Å². The first-order chi connectivity index (χ1) is 17.1. The Morgan fingerprint density at radius 3 is 2.83 bits per heavy atom. The zero-order chi connectivity index (χ0) is 24.5. The number of hydrogen-bond donors (Lipinski definition) is 1. The molecule has 0 saturated carbocycles. The average molecular weight is 541 g/mol. The number of piperidine rings is 1. The second kappa shape index (κ2) is 12.8. The minimum atomic E-state index is 0.0614. The van der Waals surface area contributed by atoms with Gasteiger partial charge in [0.25, 0.3) is 0 Å². The zero-order valence-electron chi connectivity index (χ0n) is 20.2. The first kappa shape index (κ1) is 25.4. The van der Waals surface area contributed by atoms with Crippen molar-refractivity contribution in [2.45, 2.75) is 45.6 Å². The summed E-state index contributed by atoms with van der Waals surface area (Å²) in [6, 6.07) is 16.0. The predicted octanol–water partition coefficient (Wildman–Crippen LogP) is 5.25. The van der Waals surface area contributed by atoms with Gasteiger partial charge in [-0.3, -0.25) is 9.69 Å². The van der Waals surface area contributed by atoms with Crippen LogP contribution in [-0.4, -0.2) is 47.2 Å². The Labute approximate surface area is 215 Å². The molecule has 1 aliphatic heterocycles. The Balaban J connectivity index is 1.17. The largest absolute Gasteiger partial charge is 0.493 e. The van der Waals surface area contributed by atoms with Gasteiger partial charge in [-0.1, -0.05) is 58.3 Å². The molecular weight excluding hydrogens is 508 g/mol. The van der Waals surface area contributed by atoms with E-state index in [0.717, 1.165) is 67.6 Å². The van der Waals surface area contributed by atoms with Crippen molar-refractivity contribution in [3.8, 4) is 17.1 Å². The summed E-state index contributed by atoms with van der Waals surface area (Å²) in [6.45, 7) is 5.81. The lowest BCUT2D eigenvalue weighted by atomic mass is 9.96. The number of hydrogen-bond acceptors (Lipinski definition) is 6. The van der Waals surface area contributed by atoms with E-state index in [0.29, 0.717) is 24.8 Å². The van der Waals surface area contributed by atoms with Crippen molar-refractivity contribution >= 4 is 21.8 Å². The maximum absolute atomic E-state index is 12.7. The van der Waals surface area contributed by atoms with Crippen LogP contribution in [0.25, 0.3) is 11.4 Å². The molecule has 0 bridgehead atoms. The van der Waals surface area contributed by atoms with Gasteiger partial charge in [-0.25, -0.2) is 0 Å². The first-order valence-corrected chi connectivity index (χ1v) is 13.2. The number of amides is 1. The molecule has 1 fully saturated rings. The summed E-state index contributed by atoms with van der Waals surface area (Å²) >= 11 is 3.47. The Bertz CT molecular complexity index is 1100. The molecule has 0 radical (unpaired) electrons. The van der Waals surface area contributed by atoms with Crippen molar-refractivity contribution in [2.75, 3.05) is 26.2 Å². The first-order valence-electron chi connectivity index (χ1n) is 12.4. The van der Waals surface area contributed by atoms with Crippen LogP contribution < -0.4 is 10.1 Å². The lowest BCUT2D eigenvalue weighted by molar-refractivity contribution is -0.126. The minimum absolute atomic E-state index is 0.0614. The molecule has 8 heteroatoms. The normalized spacial score (nSPS) is 14.7. The van der Waals surface area contributed by atoms with Gasteiger partial charge in [-0.15, -0.1) is 0 Å². The average Bonchev–Trinajstić information content (AvgIpc) is 3.35. The SMILES string of the molecule is CCCOc1ccccc1CCCNC(=O)C1CCN(Cc2nc(-c3cccc(Br)c3)no2)CC1. The Hall–Kier alpha value is -2.71. The fourth-order valence-electron chi connectivity index (χ4n) is 4.31. The quantitative estimate of drug-likeness (QED) is 0.334. The molecule has 0 unspecified atom stereocenters. The molecular formula is C27H33BrN4O3. The molecule has 0 atom stereocenters. The van der Waals surface area contributed by atoms with Gasteiger partial charge in [0.05, 0.1) is 13.2 Å². The van der Waals surface area contributed by atoms with E-state index in [1.54, 1.807) is 0 Å². The van der Waals surface area contributed by atoms with Gasteiger partial charge in [0.1, 0.15) is 5.75 Å². The van der Waals surface area contributed by atoms with Crippen LogP contribution in [0.4, 0.5) is 0 Å². The number of halogens is 1. The number of nitrogens with one attached hydrogen (secondary N) is 1. The molecule has 1 amide bonds. The molecule has 7 nitrogen and oxygen atoms in total. The summed E-state index contributed by atoms with van der Waals surface area (Å²) in [5.41, 5.74) is 2.12. The van der Waals surface area contributed by atoms with Crippen LogP contribution in [0.1, 0.15) is 44.1 Å². The van der Waals surface area contributed by atoms with Gasteiger partial charge in [0.15, 0.2) is 0 Å². The number of carbonyl (C=O) groups is 1. The zero-order valence-corrected chi connectivity index (χ0v) is 21.8. The molecule has 35 heavy (non-hydrogen) atoms. The van der Waals surface area contributed by atoms with Crippen LogP contribution >= 0.6 is 15.9 Å². The van der Waals surface area contributed by atoms with Crippen molar-refractivity contribution in [2.24, 2.45) is 5.92 Å². The third kappa shape index (κ3) is 7.39. The van der Waals surface area contributed by atoms with E-state index in [2.05, 4.69) is 49.3 Å². The van der Waals surface area contributed by atoms with Gasteiger partial charge in [0.2, 0.25) is 17.6 Å². The van der Waals surface area contributed by atoms with E-state index >= 15 is 0 Å². The van der Waals surface area contributed by atoms with E-state index < -0.39 is 0 Å². The van der Waals surface area contributed by atoms with E-state index in [4.69, 9.17) is 9.26 Å². The van der Waals surface area contributed by atoms with Crippen LogP contribution in [-0.2, 0) is 17.8 Å². The number of carbonyl (C=O) groups excluding carboxylic acids is 1. The topological polar surface area (TPSA) is 80.5 Å². The number of aromatic nitrogens is 2. The standard InChI is InChI=1S/C27H33BrN4O3/c1-2-17-34-24-11-4-3-7-20(24)9-6-14-29-27(33)21-12-15-32(16-13-21)19-25-30-26(31-35-25)22-8-5-10-23(28)18-22/h3-5,7-8,10-11,18,21H,2,6,9,12-17,19H2,1H3,(H,29,33). The van der Waals surface area contributed by atoms with E-state index in [-0.39, 0.29) is 11.8 Å². The molecule has 2 aromatic carbocycles. The van der Waals surface area contributed by atoms with Gasteiger partial charge >= 0.3 is 0 Å². The molecule has 0 spiro atoms. The van der Waals surface area contributed by atoms with Crippen LogP contribution in [0, 0.1) is 5.92 Å². The highest BCUT2D eigenvalue weighted by molar-refractivity contribution is 9.10. The summed E-state index contributed by atoms with van der Waals surface area (Å²) in [7, 11) is 0. The predicted molar refractivity (Wildman–Crippen MR) is 139 cm³/mol. The van der Waals surface area contributed by atoms with Crippen LogP contribution in [0.3, 0.4) is 0 Å². The number of likely N-dealkylation sites (tertiary alicyclic amines) is 1. The lowest BCUT2D eigenvalue weighted by Crippen LogP contribution is -2.40. The Morgan fingerprint density at radius 2 is 2.03 bits per heavy atom. The second-order valence-electron chi connectivity index (χ2n) is 8.92. The number of ether oxygens (including phenoxy) is 1. The molecule has 3 aromatic rings. The molecule has 0 aliphatic carbocycles. The number of para-hydroxylation sites is 1. The molecule has 1 aromatic heterocycles. The maximum atomic E-state index is 12.7. The van der Waals surface area contributed by atoms with Crippen molar-refractivity contribution in [1.29, 1.82) is 0 Å². The monoisotopic (exact) mass is 540 g/mol. The molecule has 1 N–H and O–H groups in total. The molecule has 2 heterocycles. The van der Waals surface area contributed by atoms with Crippen LogP contribution in [0.15, 0.2) is 57.5 Å². The smallest absolute Gasteiger partial charge is 0.241 e. The van der Waals surface area contributed by atoms with E-state index in [1.807, 2.05) is 42.5 Å². The molecule has 1 saturated heterocycles. The number of nitrogens with zero attached hydrogens (tertiary/aromatic N) is 3. The van der Waals surface area contributed by atoms with Gasteiger partial charge in [-0.05, 0) is 69.0 Å². The summed E-state index contributed by atoms with van der Waals surface area (Å²) in [5.74, 6) is 2.38. The van der Waals surface area contributed by atoms with Crippen LogP contribution in [0.5, 0.6) is 5.75 Å². The minimum Gasteiger partial charge on any atom is -0.493 e.